The fourth-order valence-corrected chi connectivity index (χ4v) is 4.01. The van der Waals surface area contributed by atoms with E-state index in [-0.39, 0.29) is 0 Å². The van der Waals surface area contributed by atoms with Crippen molar-refractivity contribution in [3.05, 3.63) is 29.8 Å². The first kappa shape index (κ1) is 19.2. The van der Waals surface area contributed by atoms with Crippen LogP contribution in [-0.4, -0.2) is 38.3 Å². The van der Waals surface area contributed by atoms with Gasteiger partial charge < -0.3 is 4.74 Å². The first-order valence-electron chi connectivity index (χ1n) is 8.94. The second-order valence-corrected chi connectivity index (χ2v) is 8.49. The van der Waals surface area contributed by atoms with E-state index in [1.165, 1.54) is 24.8 Å². The van der Waals surface area contributed by atoms with Crippen LogP contribution in [0.15, 0.2) is 24.3 Å². The second-order valence-electron chi connectivity index (χ2n) is 6.64. The third-order valence-corrected chi connectivity index (χ3v) is 5.84. The van der Waals surface area contributed by atoms with Crippen molar-refractivity contribution in [1.82, 2.24) is 4.90 Å². The number of piperidine rings is 1. The lowest BCUT2D eigenvalue weighted by atomic mass is 10.1. The maximum absolute atomic E-state index is 11.5. The molecular formula is C18H30N2O3S. The molecule has 0 aliphatic carbocycles. The molecule has 2 N–H and O–H groups in total. The Balaban J connectivity index is 1.79. The van der Waals surface area contributed by atoms with Gasteiger partial charge in [0.1, 0.15) is 5.75 Å². The van der Waals surface area contributed by atoms with E-state index in [1.807, 2.05) is 12.1 Å². The zero-order chi connectivity index (χ0) is 17.4. The van der Waals surface area contributed by atoms with Crippen LogP contribution in [0.3, 0.4) is 0 Å². The monoisotopic (exact) mass is 354 g/mol. The Morgan fingerprint density at radius 1 is 1.21 bits per heavy atom. The molecule has 1 aliphatic rings. The van der Waals surface area contributed by atoms with Gasteiger partial charge in [0.2, 0.25) is 10.0 Å². The fourth-order valence-electron chi connectivity index (χ4n) is 3.09. The Kier molecular flexibility index (Phi) is 7.52. The van der Waals surface area contributed by atoms with Crippen LogP contribution in [0.4, 0.5) is 0 Å². The van der Waals surface area contributed by atoms with Gasteiger partial charge in [0, 0.05) is 13.1 Å². The van der Waals surface area contributed by atoms with Crippen LogP contribution in [0.25, 0.3) is 0 Å². The Morgan fingerprint density at radius 2 is 1.96 bits per heavy atom. The molecule has 0 spiro atoms. The van der Waals surface area contributed by atoms with E-state index in [2.05, 4.69) is 24.0 Å². The number of benzene rings is 1. The topological polar surface area (TPSA) is 72.6 Å². The molecule has 1 unspecified atom stereocenters. The van der Waals surface area contributed by atoms with Gasteiger partial charge >= 0.3 is 0 Å². The van der Waals surface area contributed by atoms with E-state index >= 15 is 0 Å². The molecule has 0 amide bonds. The van der Waals surface area contributed by atoms with E-state index in [0.29, 0.717) is 13.0 Å². The van der Waals surface area contributed by atoms with Crippen molar-refractivity contribution in [2.75, 3.05) is 19.7 Å². The zero-order valence-corrected chi connectivity index (χ0v) is 15.4. The summed E-state index contributed by atoms with van der Waals surface area (Å²) in [6, 6.07) is 8.11. The summed E-state index contributed by atoms with van der Waals surface area (Å²) in [5.41, 5.74) is 1.17. The number of primary sulfonamides is 1. The molecule has 24 heavy (non-hydrogen) atoms. The predicted octanol–water partition coefficient (Wildman–Crippen LogP) is 2.90. The van der Waals surface area contributed by atoms with E-state index in [4.69, 9.17) is 9.88 Å². The van der Waals surface area contributed by atoms with Crippen LogP contribution in [0.1, 0.15) is 51.0 Å². The third kappa shape index (κ3) is 6.42. The molecule has 1 saturated heterocycles. The maximum atomic E-state index is 11.5. The van der Waals surface area contributed by atoms with Crippen molar-refractivity contribution in [3.8, 4) is 5.75 Å². The van der Waals surface area contributed by atoms with Gasteiger partial charge in [-0.2, -0.15) is 0 Å². The molecule has 1 atom stereocenters. The third-order valence-electron chi connectivity index (χ3n) is 4.52. The van der Waals surface area contributed by atoms with Crippen molar-refractivity contribution in [3.63, 3.8) is 0 Å². The first-order chi connectivity index (χ1) is 11.5. The number of hydrogen-bond acceptors (Lipinski definition) is 4. The van der Waals surface area contributed by atoms with Gasteiger partial charge in [-0.1, -0.05) is 38.3 Å². The molecule has 5 nitrogen and oxygen atoms in total. The maximum Gasteiger partial charge on any atom is 0.213 e. The van der Waals surface area contributed by atoms with Gasteiger partial charge in [0.05, 0.1) is 11.9 Å². The summed E-state index contributed by atoms with van der Waals surface area (Å²) in [5, 5.41) is 4.86. The van der Waals surface area contributed by atoms with Crippen LogP contribution in [0, 0.1) is 0 Å². The number of rotatable bonds is 9. The highest BCUT2D eigenvalue weighted by Gasteiger charge is 2.27. The van der Waals surface area contributed by atoms with Crippen molar-refractivity contribution in [2.45, 2.75) is 57.2 Å². The molecule has 0 saturated carbocycles. The van der Waals surface area contributed by atoms with Gasteiger partial charge in [-0.05, 0) is 43.5 Å². The molecule has 1 aliphatic heterocycles. The van der Waals surface area contributed by atoms with Crippen LogP contribution in [0.2, 0.25) is 0 Å². The molecular weight excluding hydrogens is 324 g/mol. The van der Waals surface area contributed by atoms with Crippen molar-refractivity contribution >= 4 is 10.0 Å². The van der Waals surface area contributed by atoms with Crippen LogP contribution in [0.5, 0.6) is 5.75 Å². The largest absolute Gasteiger partial charge is 0.494 e. The lowest BCUT2D eigenvalue weighted by Crippen LogP contribution is -2.44. The van der Waals surface area contributed by atoms with E-state index in [1.54, 1.807) is 0 Å². The molecule has 1 fully saturated rings. The van der Waals surface area contributed by atoms with Crippen LogP contribution in [-0.2, 0) is 16.6 Å². The first-order valence-corrected chi connectivity index (χ1v) is 10.6. The summed E-state index contributed by atoms with van der Waals surface area (Å²) in [7, 11) is -3.44. The minimum Gasteiger partial charge on any atom is -0.494 e. The van der Waals surface area contributed by atoms with Gasteiger partial charge in [-0.25, -0.2) is 13.6 Å². The average Bonchev–Trinajstić information content (AvgIpc) is 2.56. The normalized spacial score (nSPS) is 19.3. The molecule has 1 aromatic rings. The second kappa shape index (κ2) is 9.39. The highest BCUT2D eigenvalue weighted by Crippen LogP contribution is 2.19. The standard InChI is InChI=1S/C18H30N2O3S/c1-2-3-4-5-13-23-17-10-8-16(9-11-17)14-20-12-6-7-18(15-20)24(19,21)22/h8-11,18H,2-7,12-15H2,1H3,(H2,19,21,22). The van der Waals surface area contributed by atoms with Crippen molar-refractivity contribution in [2.24, 2.45) is 5.14 Å². The fraction of sp³-hybridized carbons (Fsp3) is 0.667. The molecule has 0 aromatic heterocycles. The zero-order valence-electron chi connectivity index (χ0n) is 14.6. The minimum atomic E-state index is -3.44. The highest BCUT2D eigenvalue weighted by molar-refractivity contribution is 7.89. The number of unbranched alkanes of at least 4 members (excludes halogenated alkanes) is 3. The van der Waals surface area contributed by atoms with Crippen LogP contribution < -0.4 is 9.88 Å². The molecule has 2 rings (SSSR count). The number of hydrogen-bond donors (Lipinski definition) is 1. The van der Waals surface area contributed by atoms with Gasteiger partial charge in [-0.3, -0.25) is 4.90 Å². The van der Waals surface area contributed by atoms with Crippen molar-refractivity contribution in [1.29, 1.82) is 0 Å². The lowest BCUT2D eigenvalue weighted by Gasteiger charge is -2.31. The predicted molar refractivity (Wildman–Crippen MR) is 97.5 cm³/mol. The van der Waals surface area contributed by atoms with E-state index in [9.17, 15) is 8.42 Å². The molecule has 1 heterocycles. The van der Waals surface area contributed by atoms with Gasteiger partial charge in [-0.15, -0.1) is 0 Å². The lowest BCUT2D eigenvalue weighted by molar-refractivity contribution is 0.222. The summed E-state index contributed by atoms with van der Waals surface area (Å²) in [6.07, 6.45) is 6.35. The average molecular weight is 355 g/mol. The summed E-state index contributed by atoms with van der Waals surface area (Å²) in [5.74, 6) is 0.899. The van der Waals surface area contributed by atoms with Crippen LogP contribution >= 0.6 is 0 Å². The van der Waals surface area contributed by atoms with Crippen molar-refractivity contribution < 1.29 is 13.2 Å². The summed E-state index contributed by atoms with van der Waals surface area (Å²) >= 11 is 0. The number of sulfonamides is 1. The number of nitrogens with two attached hydrogens (primary N) is 1. The van der Waals surface area contributed by atoms with E-state index < -0.39 is 15.3 Å². The Bertz CT molecular complexity index is 587. The molecule has 136 valence electrons. The quantitative estimate of drug-likeness (QED) is 0.692. The summed E-state index contributed by atoms with van der Waals surface area (Å²) in [6.45, 7) is 5.16. The number of nitrogens with zero attached hydrogens (tertiary/aromatic N) is 1. The Morgan fingerprint density at radius 3 is 2.62 bits per heavy atom. The minimum absolute atomic E-state index is 0.433. The molecule has 6 heteroatoms. The van der Waals surface area contributed by atoms with Gasteiger partial charge in [0.25, 0.3) is 0 Å². The number of ether oxygens (including phenoxy) is 1. The smallest absolute Gasteiger partial charge is 0.213 e. The molecule has 0 bridgehead atoms. The SMILES string of the molecule is CCCCCCOc1ccc(CN2CCCC(S(N)(=O)=O)C2)cc1. The van der Waals surface area contributed by atoms with E-state index in [0.717, 1.165) is 38.3 Å². The summed E-state index contributed by atoms with van der Waals surface area (Å²) < 4.78 is 28.8. The molecule has 0 radical (unpaired) electrons. The highest BCUT2D eigenvalue weighted by atomic mass is 32.2. The Labute approximate surface area is 146 Å². The number of likely N-dealkylation sites (tertiary alicyclic amines) is 1. The van der Waals surface area contributed by atoms with Gasteiger partial charge in [0.15, 0.2) is 0 Å². The molecule has 1 aromatic carbocycles. The Hall–Kier alpha value is -1.11. The summed E-state index contributed by atoms with van der Waals surface area (Å²) in [4.78, 5) is 2.17.